The van der Waals surface area contributed by atoms with Crippen LogP contribution in [-0.4, -0.2) is 105 Å². The van der Waals surface area contributed by atoms with Crippen LogP contribution in [0, 0.1) is 17.8 Å². The van der Waals surface area contributed by atoms with Crippen LogP contribution in [-0.2, 0) is 40.6 Å². The first-order chi connectivity index (χ1) is 25.0. The van der Waals surface area contributed by atoms with E-state index < -0.39 is 21.2 Å². The van der Waals surface area contributed by atoms with E-state index in [2.05, 4.69) is 33.5 Å². The molecule has 0 unspecified atom stereocenters. The average Bonchev–Trinajstić information content (AvgIpc) is 3.23. The minimum absolute atomic E-state index is 0.0452. The first-order valence-electron chi connectivity index (χ1n) is 18.6. The summed E-state index contributed by atoms with van der Waals surface area (Å²) in [7, 11) is 1.69. The third-order valence-corrected chi connectivity index (χ3v) is 14.6. The van der Waals surface area contributed by atoms with E-state index in [1.54, 1.807) is 32.3 Å². The van der Waals surface area contributed by atoms with E-state index in [1.807, 2.05) is 25.1 Å². The van der Waals surface area contributed by atoms with Crippen molar-refractivity contribution in [3.63, 3.8) is 0 Å². The molecule has 0 aromatic heterocycles. The van der Waals surface area contributed by atoms with Gasteiger partial charge in [-0.25, -0.2) is 4.21 Å². The van der Waals surface area contributed by atoms with Crippen LogP contribution in [0.15, 0.2) is 52.9 Å². The van der Waals surface area contributed by atoms with Crippen LogP contribution in [0.2, 0.25) is 5.02 Å². The maximum atomic E-state index is 14.7. The maximum Gasteiger partial charge on any atom is 0.285 e. The molecule has 6 atom stereocenters. The molecule has 0 radical (unpaired) electrons. The molecule has 2 aromatic carbocycles. The number of nitrogens with zero attached hydrogens (tertiary/aromatic N) is 3. The fourth-order valence-corrected chi connectivity index (χ4v) is 11.6. The van der Waals surface area contributed by atoms with Gasteiger partial charge in [-0.05, 0) is 97.7 Å². The molecule has 1 saturated heterocycles. The Morgan fingerprint density at radius 2 is 1.94 bits per heavy atom. The summed E-state index contributed by atoms with van der Waals surface area (Å²) in [4.78, 5) is 31.6. The van der Waals surface area contributed by atoms with Gasteiger partial charge in [0, 0.05) is 56.2 Å². The summed E-state index contributed by atoms with van der Waals surface area (Å²) < 4.78 is 42.8. The van der Waals surface area contributed by atoms with Gasteiger partial charge in [0.05, 0.1) is 47.8 Å². The van der Waals surface area contributed by atoms with Gasteiger partial charge in [0.1, 0.15) is 17.1 Å². The van der Waals surface area contributed by atoms with E-state index >= 15 is 0 Å². The lowest BCUT2D eigenvalue weighted by Crippen LogP contribution is -2.67. The Bertz CT molecular complexity index is 1840. The lowest BCUT2D eigenvalue weighted by molar-refractivity contribution is -0.171. The highest BCUT2D eigenvalue weighted by molar-refractivity contribution is 7.94. The van der Waals surface area contributed by atoms with Crippen LogP contribution in [0.25, 0.3) is 0 Å². The number of fused-ring (bicyclic) bond motifs is 4. The first-order valence-corrected chi connectivity index (χ1v) is 20.8. The normalized spacial score (nSPS) is 31.9. The van der Waals surface area contributed by atoms with Crippen LogP contribution in [0.5, 0.6) is 5.75 Å². The number of rotatable bonds is 6. The smallest absolute Gasteiger partial charge is 0.285 e. The van der Waals surface area contributed by atoms with Gasteiger partial charge in [0.25, 0.3) is 5.91 Å². The highest BCUT2D eigenvalue weighted by Crippen LogP contribution is 2.47. The Morgan fingerprint density at radius 1 is 1.12 bits per heavy atom. The molecule has 3 heterocycles. The molecule has 10 nitrogen and oxygen atoms in total. The van der Waals surface area contributed by atoms with E-state index in [-0.39, 0.29) is 34.8 Å². The van der Waals surface area contributed by atoms with Crippen LogP contribution < -0.4 is 9.64 Å². The monoisotopic (exact) mass is 753 g/mol. The van der Waals surface area contributed by atoms with Gasteiger partial charge in [-0.1, -0.05) is 36.7 Å². The quantitative estimate of drug-likeness (QED) is 0.335. The molecule has 7 rings (SSSR count). The van der Waals surface area contributed by atoms with E-state index in [1.165, 1.54) is 11.1 Å². The van der Waals surface area contributed by atoms with Crippen LogP contribution in [0.4, 0.5) is 5.69 Å². The largest absolute Gasteiger partial charge is 0.490 e. The van der Waals surface area contributed by atoms with Crippen LogP contribution >= 0.6 is 11.6 Å². The number of amides is 2. The number of aryl methyl sites for hydroxylation is 1. The van der Waals surface area contributed by atoms with Crippen molar-refractivity contribution in [1.29, 1.82) is 0 Å². The molecule has 3 aliphatic heterocycles. The van der Waals surface area contributed by atoms with E-state index in [9.17, 15) is 13.8 Å². The SMILES string of the molecule is COCC1(OC)CN(C(=O)C[S@@]2(=O)=NC(=O)c3ccc4c(c3)N(C[C@@H]3CC[C@H]3[C@@H](OC)/C=C/C[C@H](C)C2)C[C@@]2(CCCc3cc(Cl)ccc32)CO4)C1. The third-order valence-electron chi connectivity index (χ3n) is 12.1. The highest BCUT2D eigenvalue weighted by Gasteiger charge is 2.47. The second-order valence-corrected chi connectivity index (χ2v) is 18.6. The van der Waals surface area contributed by atoms with Crippen molar-refractivity contribution in [2.75, 3.05) is 77.1 Å². The predicted octanol–water partition coefficient (Wildman–Crippen LogP) is 5.93. The number of likely N-dealkylation sites (tertiary alicyclic amines) is 1. The second kappa shape index (κ2) is 15.1. The Morgan fingerprint density at radius 3 is 2.67 bits per heavy atom. The number of carbonyl (C=O) groups is 2. The molecular weight excluding hydrogens is 702 g/mol. The van der Waals surface area contributed by atoms with E-state index in [0.29, 0.717) is 50.1 Å². The van der Waals surface area contributed by atoms with Crippen molar-refractivity contribution in [3.05, 3.63) is 70.3 Å². The molecular formula is C40H52ClN3O7S. The molecule has 1 spiro atoms. The van der Waals surface area contributed by atoms with Crippen molar-refractivity contribution >= 4 is 38.8 Å². The fourth-order valence-electron chi connectivity index (χ4n) is 9.12. The average molecular weight is 754 g/mol. The molecule has 2 amide bonds. The molecule has 0 N–H and O–H groups in total. The highest BCUT2D eigenvalue weighted by atomic mass is 35.5. The molecule has 2 aliphatic carbocycles. The summed E-state index contributed by atoms with van der Waals surface area (Å²) in [6.45, 7) is 5.03. The summed E-state index contributed by atoms with van der Waals surface area (Å²) in [6.07, 6.45) is 10.0. The van der Waals surface area contributed by atoms with Gasteiger partial charge in [0.2, 0.25) is 5.91 Å². The van der Waals surface area contributed by atoms with Gasteiger partial charge in [0.15, 0.2) is 0 Å². The Balaban J connectivity index is 1.25. The summed E-state index contributed by atoms with van der Waals surface area (Å²) in [5, 5.41) is 0.744. The molecule has 2 bridgehead atoms. The lowest BCUT2D eigenvalue weighted by atomic mass is 9.68. The molecule has 2 fully saturated rings. The standard InChI is InChI=1S/C40H52ClN3O7S/c1-27-7-5-9-35(49-3)32-13-10-30(32)19-43-22-39(16-6-8-28-17-31(41)12-14-33(28)39)25-51-36-15-11-29(18-34(36)43)38(46)42-52(47,20-27)21-37(45)44-23-40(24-44,50-4)26-48-2/h5,9,11-12,14-15,17-18,27,30,32,35H,6-8,10,13,16,19-26H2,1-4H3/b9-5+/t27-,30-,32+,35-,39-,52+/m0/s1. The van der Waals surface area contributed by atoms with Crippen molar-refractivity contribution in [1.82, 2.24) is 4.90 Å². The van der Waals surface area contributed by atoms with Crippen molar-refractivity contribution in [3.8, 4) is 5.75 Å². The molecule has 1 saturated carbocycles. The minimum atomic E-state index is -3.28. The number of halogens is 1. The lowest BCUT2D eigenvalue weighted by Gasteiger charge is -2.48. The number of allylic oxidation sites excluding steroid dienone is 1. The van der Waals surface area contributed by atoms with Gasteiger partial charge in [-0.3, -0.25) is 9.59 Å². The topological polar surface area (TPSA) is 107 Å². The van der Waals surface area contributed by atoms with Crippen LogP contribution in [0.3, 0.4) is 0 Å². The van der Waals surface area contributed by atoms with Crippen molar-refractivity contribution in [2.24, 2.45) is 22.1 Å². The number of carbonyl (C=O) groups excluding carboxylic acids is 2. The maximum absolute atomic E-state index is 14.7. The number of methoxy groups -OCH3 is 3. The summed E-state index contributed by atoms with van der Waals surface area (Å²) in [6, 6.07) is 11.7. The number of hydrogen-bond acceptors (Lipinski definition) is 8. The molecule has 5 aliphatic rings. The number of anilines is 1. The van der Waals surface area contributed by atoms with E-state index in [0.717, 1.165) is 61.7 Å². The van der Waals surface area contributed by atoms with Crippen molar-refractivity contribution < 1.29 is 32.7 Å². The summed E-state index contributed by atoms with van der Waals surface area (Å²) in [5.41, 5.74) is 2.89. The van der Waals surface area contributed by atoms with Gasteiger partial charge in [-0.2, -0.15) is 4.36 Å². The Hall–Kier alpha value is -2.96. The zero-order valence-corrected chi connectivity index (χ0v) is 32.4. The number of ether oxygens (including phenoxy) is 4. The fraction of sp³-hybridized carbons (Fsp3) is 0.600. The molecule has 52 heavy (non-hydrogen) atoms. The number of hydrogen-bond donors (Lipinski definition) is 0. The Kier molecular flexibility index (Phi) is 10.8. The molecule has 2 aromatic rings. The third kappa shape index (κ3) is 7.40. The molecule has 282 valence electrons. The van der Waals surface area contributed by atoms with Crippen molar-refractivity contribution in [2.45, 2.75) is 62.6 Å². The number of benzene rings is 2. The van der Waals surface area contributed by atoms with E-state index in [4.69, 9.17) is 30.5 Å². The van der Waals surface area contributed by atoms with Crippen LogP contribution in [0.1, 0.15) is 60.5 Å². The predicted molar refractivity (Wildman–Crippen MR) is 203 cm³/mol. The first kappa shape index (κ1) is 37.4. The summed E-state index contributed by atoms with van der Waals surface area (Å²) >= 11 is 6.46. The molecule has 12 heteroatoms. The zero-order valence-electron chi connectivity index (χ0n) is 30.8. The van der Waals surface area contributed by atoms with Gasteiger partial charge >= 0.3 is 0 Å². The summed E-state index contributed by atoms with van der Waals surface area (Å²) in [5.74, 6) is 0.269. The van der Waals surface area contributed by atoms with Gasteiger partial charge < -0.3 is 28.7 Å². The van der Waals surface area contributed by atoms with Gasteiger partial charge in [-0.15, -0.1) is 0 Å². The zero-order chi connectivity index (χ0) is 36.7. The second-order valence-electron chi connectivity index (χ2n) is 15.8. The minimum Gasteiger partial charge on any atom is -0.490 e. The Labute approximate surface area is 313 Å².